The van der Waals surface area contributed by atoms with Crippen molar-refractivity contribution in [2.24, 2.45) is 0 Å². The molecule has 3 aromatic carbocycles. The molecule has 0 aliphatic carbocycles. The van der Waals surface area contributed by atoms with Crippen molar-refractivity contribution in [3.05, 3.63) is 89.5 Å². The summed E-state index contributed by atoms with van der Waals surface area (Å²) in [7, 11) is -0.786. The van der Waals surface area contributed by atoms with E-state index in [2.05, 4.69) is 0 Å². The van der Waals surface area contributed by atoms with Gasteiger partial charge in [0.2, 0.25) is 10.0 Å². The number of sulfonamides is 1. The molecule has 10 heteroatoms. The van der Waals surface area contributed by atoms with Gasteiger partial charge < -0.3 is 19.5 Å². The van der Waals surface area contributed by atoms with Crippen molar-refractivity contribution in [3.63, 3.8) is 0 Å². The van der Waals surface area contributed by atoms with Gasteiger partial charge in [0, 0.05) is 18.7 Å². The summed E-state index contributed by atoms with van der Waals surface area (Å²) < 4.78 is 36.9. The maximum Gasteiger partial charge on any atom is 0.410 e. The zero-order valence-corrected chi connectivity index (χ0v) is 23.5. The normalized spacial score (nSPS) is 12.7. The lowest BCUT2D eigenvalue weighted by Crippen LogP contribution is -2.39. The topological polar surface area (TPSA) is 113 Å². The first-order chi connectivity index (χ1) is 18.4. The van der Waals surface area contributed by atoms with Crippen molar-refractivity contribution in [1.82, 2.24) is 4.90 Å². The molecule has 0 aliphatic rings. The number of carbonyl (C=O) groups excluding carboxylic acids is 1. The first-order valence-electron chi connectivity index (χ1n) is 12.4. The second-order valence-corrected chi connectivity index (χ2v) is 11.4. The van der Waals surface area contributed by atoms with E-state index in [1.807, 2.05) is 37.3 Å². The number of ether oxygens (including phenoxy) is 2. The van der Waals surface area contributed by atoms with E-state index in [0.29, 0.717) is 34.7 Å². The van der Waals surface area contributed by atoms with Gasteiger partial charge in [0.25, 0.3) is 0 Å². The zero-order valence-electron chi connectivity index (χ0n) is 22.7. The third kappa shape index (κ3) is 7.73. The van der Waals surface area contributed by atoms with Gasteiger partial charge >= 0.3 is 12.1 Å². The molecule has 0 saturated carbocycles. The van der Waals surface area contributed by atoms with Gasteiger partial charge in [-0.05, 0) is 61.7 Å². The Kier molecular flexibility index (Phi) is 9.58. The van der Waals surface area contributed by atoms with Crippen LogP contribution in [0.5, 0.6) is 11.5 Å². The Bertz CT molecular complexity index is 1410. The molecule has 0 aliphatic heterocycles. The van der Waals surface area contributed by atoms with E-state index in [1.165, 1.54) is 14.2 Å². The molecule has 1 N–H and O–H groups in total. The molecule has 0 aromatic heterocycles. The molecule has 9 nitrogen and oxygen atoms in total. The first kappa shape index (κ1) is 29.5. The number of rotatable bonds is 11. The number of amides is 1. The highest BCUT2D eigenvalue weighted by Gasteiger charge is 2.24. The van der Waals surface area contributed by atoms with E-state index in [1.54, 1.807) is 54.3 Å². The molecule has 208 valence electrons. The highest BCUT2D eigenvalue weighted by Crippen LogP contribution is 2.33. The molecule has 3 rings (SSSR count). The number of anilines is 1. The van der Waals surface area contributed by atoms with E-state index in [4.69, 9.17) is 9.47 Å². The number of hydrogen-bond donors (Lipinski definition) is 1. The molecule has 1 amide bonds. The fourth-order valence-corrected chi connectivity index (χ4v) is 4.56. The van der Waals surface area contributed by atoms with Crippen molar-refractivity contribution >= 4 is 27.8 Å². The molecule has 0 radical (unpaired) electrons. The standard InChI is InChI=1S/C29H34N2O7S/c1-20(16-22-10-7-6-8-11-22)31(29(34)37-4)19-24-17-25(30(3)39(5,35)36)14-15-27(24)38-26-13-9-12-23(18-26)21(2)28(32)33/h6-15,17-18,20-21H,16,19H2,1-5H3,(H,32,33). The number of hydrogen-bond acceptors (Lipinski definition) is 6. The first-order valence-corrected chi connectivity index (χ1v) is 14.2. The third-order valence-electron chi connectivity index (χ3n) is 6.52. The van der Waals surface area contributed by atoms with Gasteiger partial charge in [-0.1, -0.05) is 42.5 Å². The lowest BCUT2D eigenvalue weighted by Gasteiger charge is -2.29. The van der Waals surface area contributed by atoms with Gasteiger partial charge in [0.05, 0.1) is 31.5 Å². The molecule has 0 spiro atoms. The monoisotopic (exact) mass is 554 g/mol. The summed E-state index contributed by atoms with van der Waals surface area (Å²) in [6, 6.07) is 21.2. The molecule has 3 aromatic rings. The minimum Gasteiger partial charge on any atom is -0.481 e. The summed E-state index contributed by atoms with van der Waals surface area (Å²) in [5.41, 5.74) is 2.56. The van der Waals surface area contributed by atoms with Crippen LogP contribution in [-0.2, 0) is 32.5 Å². The molecule has 2 unspecified atom stereocenters. The molecular weight excluding hydrogens is 520 g/mol. The average molecular weight is 555 g/mol. The summed E-state index contributed by atoms with van der Waals surface area (Å²) in [5.74, 6) is -0.885. The second-order valence-electron chi connectivity index (χ2n) is 9.39. The largest absolute Gasteiger partial charge is 0.481 e. The molecule has 0 fully saturated rings. The lowest BCUT2D eigenvalue weighted by atomic mass is 10.0. The second kappa shape index (κ2) is 12.7. The Balaban J connectivity index is 2.02. The molecule has 2 atom stereocenters. The Hall–Kier alpha value is -4.05. The average Bonchev–Trinajstić information content (AvgIpc) is 2.91. The number of aliphatic carboxylic acids is 1. The van der Waals surface area contributed by atoms with Crippen LogP contribution in [0.4, 0.5) is 10.5 Å². The van der Waals surface area contributed by atoms with Crippen molar-refractivity contribution in [3.8, 4) is 11.5 Å². The Morgan fingerprint density at radius 1 is 0.974 bits per heavy atom. The summed E-state index contributed by atoms with van der Waals surface area (Å²) in [4.78, 5) is 25.9. The van der Waals surface area contributed by atoms with Crippen molar-refractivity contribution in [1.29, 1.82) is 0 Å². The predicted molar refractivity (Wildman–Crippen MR) is 150 cm³/mol. The van der Waals surface area contributed by atoms with E-state index < -0.39 is 28.0 Å². The molecular formula is C29H34N2O7S. The van der Waals surface area contributed by atoms with Gasteiger partial charge in [-0.3, -0.25) is 9.10 Å². The van der Waals surface area contributed by atoms with Crippen LogP contribution in [0.3, 0.4) is 0 Å². The quantitative estimate of drug-likeness (QED) is 0.344. The molecule has 39 heavy (non-hydrogen) atoms. The number of nitrogens with zero attached hydrogens (tertiary/aromatic N) is 2. The van der Waals surface area contributed by atoms with Crippen molar-refractivity contribution in [2.45, 2.75) is 38.8 Å². The zero-order chi connectivity index (χ0) is 28.7. The number of benzene rings is 3. The number of carboxylic acids is 1. The maximum atomic E-state index is 12.9. The van der Waals surface area contributed by atoms with Crippen LogP contribution in [0.2, 0.25) is 0 Å². The highest BCUT2D eigenvalue weighted by molar-refractivity contribution is 7.92. The molecule has 0 saturated heterocycles. The van der Waals surface area contributed by atoms with Crippen LogP contribution in [0.25, 0.3) is 0 Å². The lowest BCUT2D eigenvalue weighted by molar-refractivity contribution is -0.138. The fourth-order valence-electron chi connectivity index (χ4n) is 4.06. The predicted octanol–water partition coefficient (Wildman–Crippen LogP) is 5.26. The van der Waals surface area contributed by atoms with Crippen molar-refractivity contribution in [2.75, 3.05) is 24.7 Å². The van der Waals surface area contributed by atoms with Crippen LogP contribution in [-0.4, -0.2) is 56.9 Å². The summed E-state index contributed by atoms with van der Waals surface area (Å²) in [6.07, 6.45) is 1.14. The van der Waals surface area contributed by atoms with Crippen LogP contribution >= 0.6 is 0 Å². The van der Waals surface area contributed by atoms with Crippen LogP contribution in [0.1, 0.15) is 36.5 Å². The summed E-state index contributed by atoms with van der Waals surface area (Å²) >= 11 is 0. The number of methoxy groups -OCH3 is 1. The van der Waals surface area contributed by atoms with Crippen molar-refractivity contribution < 1.29 is 32.6 Å². The highest BCUT2D eigenvalue weighted by atomic mass is 32.2. The minimum absolute atomic E-state index is 0.0761. The van der Waals surface area contributed by atoms with Gasteiger partial charge in [0.15, 0.2) is 0 Å². The van der Waals surface area contributed by atoms with E-state index in [9.17, 15) is 23.1 Å². The van der Waals surface area contributed by atoms with Gasteiger partial charge in [0.1, 0.15) is 11.5 Å². The Morgan fingerprint density at radius 3 is 2.28 bits per heavy atom. The third-order valence-corrected chi connectivity index (χ3v) is 7.72. The van der Waals surface area contributed by atoms with Gasteiger partial charge in [-0.25, -0.2) is 13.2 Å². The number of carbonyl (C=O) groups is 2. The fraction of sp³-hybridized carbons (Fsp3) is 0.310. The van der Waals surface area contributed by atoms with E-state index >= 15 is 0 Å². The van der Waals surface area contributed by atoms with Crippen LogP contribution in [0.15, 0.2) is 72.8 Å². The van der Waals surface area contributed by atoms with Crippen LogP contribution in [0, 0.1) is 0 Å². The molecule has 0 heterocycles. The van der Waals surface area contributed by atoms with Gasteiger partial charge in [-0.2, -0.15) is 0 Å². The van der Waals surface area contributed by atoms with E-state index in [0.717, 1.165) is 16.1 Å². The van der Waals surface area contributed by atoms with Gasteiger partial charge in [-0.15, -0.1) is 0 Å². The summed E-state index contributed by atoms with van der Waals surface area (Å²) in [6.45, 7) is 3.57. The van der Waals surface area contributed by atoms with E-state index in [-0.39, 0.29) is 12.6 Å². The molecule has 0 bridgehead atoms. The SMILES string of the molecule is COC(=O)N(Cc1cc(N(C)S(C)(=O)=O)ccc1Oc1cccc(C(C)C(=O)O)c1)C(C)Cc1ccccc1. The van der Waals surface area contributed by atoms with Crippen LogP contribution < -0.4 is 9.04 Å². The number of carboxylic acid groups (broad SMARTS) is 1. The minimum atomic E-state index is -3.54. The summed E-state index contributed by atoms with van der Waals surface area (Å²) in [5, 5.41) is 9.40. The Morgan fingerprint density at radius 2 is 1.67 bits per heavy atom. The smallest absolute Gasteiger partial charge is 0.410 e. The Labute approximate surface area is 229 Å². The maximum absolute atomic E-state index is 12.9.